The van der Waals surface area contributed by atoms with Crippen LogP contribution < -0.4 is 10.2 Å². The summed E-state index contributed by atoms with van der Waals surface area (Å²) in [6.07, 6.45) is 1.53. The highest BCUT2D eigenvalue weighted by Gasteiger charge is 2.30. The summed E-state index contributed by atoms with van der Waals surface area (Å²) in [6.45, 7) is 7.82. The number of amides is 1. The molecule has 1 amide bonds. The van der Waals surface area contributed by atoms with Crippen LogP contribution in [0.4, 0.5) is 0 Å². The third-order valence-electron chi connectivity index (χ3n) is 5.64. The number of ether oxygens (including phenoxy) is 1. The van der Waals surface area contributed by atoms with E-state index in [1.807, 2.05) is 54.6 Å². The Bertz CT molecular complexity index is 1310. The smallest absolute Gasteiger partial charge is 0.255 e. The second-order valence-corrected chi connectivity index (χ2v) is 11.5. The standard InChI is InChI=1S/C28H33N3O4S/c1-21-11-16-25(35-5)26(17-21)36(33,34)31(19-23-9-7-6-8-10-23)20-27(32)30-29-18-22-12-14-24(15-13-22)28(2,3)4/h6-18H,19-20H2,1-5H3,(H,30,32)/b29-18+. The van der Waals surface area contributed by atoms with Gasteiger partial charge in [0.05, 0.1) is 19.9 Å². The van der Waals surface area contributed by atoms with Crippen LogP contribution in [0.25, 0.3) is 0 Å². The van der Waals surface area contributed by atoms with Gasteiger partial charge in [-0.25, -0.2) is 13.8 Å². The SMILES string of the molecule is COc1ccc(C)cc1S(=O)(=O)N(CC(=O)N/N=C/c1ccc(C(C)(C)C)cc1)Cc1ccccc1. The number of rotatable bonds is 9. The van der Waals surface area contributed by atoms with Crippen molar-refractivity contribution in [1.82, 2.24) is 9.73 Å². The summed E-state index contributed by atoms with van der Waals surface area (Å²) < 4.78 is 33.7. The van der Waals surface area contributed by atoms with Gasteiger partial charge >= 0.3 is 0 Å². The zero-order valence-electron chi connectivity index (χ0n) is 21.4. The Morgan fingerprint density at radius 2 is 1.69 bits per heavy atom. The number of carbonyl (C=O) groups excluding carboxylic acids is 1. The fourth-order valence-electron chi connectivity index (χ4n) is 3.58. The highest BCUT2D eigenvalue weighted by molar-refractivity contribution is 7.89. The molecule has 0 saturated heterocycles. The largest absolute Gasteiger partial charge is 0.495 e. The van der Waals surface area contributed by atoms with Gasteiger partial charge in [0.15, 0.2) is 0 Å². The zero-order chi connectivity index (χ0) is 26.3. The molecule has 3 rings (SSSR count). The topological polar surface area (TPSA) is 88.1 Å². The van der Waals surface area contributed by atoms with E-state index in [1.54, 1.807) is 25.1 Å². The maximum Gasteiger partial charge on any atom is 0.255 e. The summed E-state index contributed by atoms with van der Waals surface area (Å²) in [5, 5.41) is 4.03. The first-order valence-corrected chi connectivity index (χ1v) is 13.1. The Labute approximate surface area is 213 Å². The maximum atomic E-state index is 13.6. The van der Waals surface area contributed by atoms with Crippen LogP contribution in [0.1, 0.15) is 43.0 Å². The lowest BCUT2D eigenvalue weighted by molar-refractivity contribution is -0.121. The summed E-state index contributed by atoms with van der Waals surface area (Å²) in [7, 11) is -2.64. The quantitative estimate of drug-likeness (QED) is 0.338. The zero-order valence-corrected chi connectivity index (χ0v) is 22.2. The lowest BCUT2D eigenvalue weighted by Gasteiger charge is -2.23. The van der Waals surface area contributed by atoms with Crippen LogP contribution in [-0.4, -0.2) is 38.5 Å². The Kier molecular flexibility index (Phi) is 8.66. The molecule has 36 heavy (non-hydrogen) atoms. The van der Waals surface area contributed by atoms with Gasteiger partial charge in [-0.3, -0.25) is 4.79 Å². The van der Waals surface area contributed by atoms with Crippen molar-refractivity contribution in [2.75, 3.05) is 13.7 Å². The maximum absolute atomic E-state index is 13.6. The molecule has 8 heteroatoms. The first kappa shape index (κ1) is 27.1. The number of nitrogens with zero attached hydrogens (tertiary/aromatic N) is 2. The monoisotopic (exact) mass is 507 g/mol. The molecular weight excluding hydrogens is 474 g/mol. The number of benzene rings is 3. The molecule has 0 heterocycles. The van der Waals surface area contributed by atoms with Gasteiger partial charge < -0.3 is 4.74 Å². The van der Waals surface area contributed by atoms with Gasteiger partial charge in [-0.15, -0.1) is 0 Å². The van der Waals surface area contributed by atoms with Crippen LogP contribution in [0.5, 0.6) is 5.75 Å². The van der Waals surface area contributed by atoms with Crippen LogP contribution >= 0.6 is 0 Å². The van der Waals surface area contributed by atoms with E-state index in [2.05, 4.69) is 31.3 Å². The van der Waals surface area contributed by atoms with E-state index in [9.17, 15) is 13.2 Å². The number of methoxy groups -OCH3 is 1. The van der Waals surface area contributed by atoms with E-state index in [0.29, 0.717) is 0 Å². The normalized spacial score (nSPS) is 12.2. The Hall–Kier alpha value is -3.49. The second kappa shape index (κ2) is 11.5. The van der Waals surface area contributed by atoms with E-state index in [0.717, 1.165) is 21.0 Å². The summed E-state index contributed by atoms with van der Waals surface area (Å²) >= 11 is 0. The van der Waals surface area contributed by atoms with E-state index < -0.39 is 22.5 Å². The summed E-state index contributed by atoms with van der Waals surface area (Å²) in [6, 6.07) is 21.9. The minimum Gasteiger partial charge on any atom is -0.495 e. The molecule has 0 aliphatic heterocycles. The van der Waals surface area contributed by atoms with Gasteiger partial charge in [-0.1, -0.05) is 81.4 Å². The van der Waals surface area contributed by atoms with Crippen LogP contribution in [0.3, 0.4) is 0 Å². The van der Waals surface area contributed by atoms with Gasteiger partial charge in [-0.05, 0) is 46.7 Å². The summed E-state index contributed by atoms with van der Waals surface area (Å²) in [5.74, 6) is -0.334. The van der Waals surface area contributed by atoms with Gasteiger partial charge in [0.25, 0.3) is 5.91 Å². The molecule has 0 fully saturated rings. The molecule has 0 atom stereocenters. The number of nitrogens with one attached hydrogen (secondary N) is 1. The molecule has 0 aliphatic carbocycles. The number of hydrogen-bond donors (Lipinski definition) is 1. The van der Waals surface area contributed by atoms with Crippen molar-refractivity contribution in [2.24, 2.45) is 5.10 Å². The van der Waals surface area contributed by atoms with Gasteiger partial charge in [0, 0.05) is 6.54 Å². The molecule has 0 radical (unpaired) electrons. The van der Waals surface area contributed by atoms with Crippen LogP contribution in [0, 0.1) is 6.92 Å². The highest BCUT2D eigenvalue weighted by Crippen LogP contribution is 2.28. The fraction of sp³-hybridized carbons (Fsp3) is 0.286. The van der Waals surface area contributed by atoms with E-state index in [4.69, 9.17) is 4.74 Å². The molecule has 0 spiro atoms. The van der Waals surface area contributed by atoms with Crippen molar-refractivity contribution in [3.05, 3.63) is 95.1 Å². The molecule has 190 valence electrons. The molecule has 3 aromatic carbocycles. The molecule has 0 unspecified atom stereocenters. The number of sulfonamides is 1. The molecular formula is C28H33N3O4S. The second-order valence-electron chi connectivity index (χ2n) is 9.58. The number of carbonyl (C=O) groups is 1. The molecule has 0 saturated carbocycles. The highest BCUT2D eigenvalue weighted by atomic mass is 32.2. The van der Waals surface area contributed by atoms with Crippen molar-refractivity contribution in [3.8, 4) is 5.75 Å². The Morgan fingerprint density at radius 1 is 1.03 bits per heavy atom. The Morgan fingerprint density at radius 3 is 2.31 bits per heavy atom. The molecule has 0 aromatic heterocycles. The lowest BCUT2D eigenvalue weighted by atomic mass is 9.87. The summed E-state index contributed by atoms with van der Waals surface area (Å²) in [5.41, 5.74) is 6.02. The fourth-order valence-corrected chi connectivity index (χ4v) is 5.21. The predicted octanol–water partition coefficient (Wildman–Crippen LogP) is 4.64. The van der Waals surface area contributed by atoms with Crippen LogP contribution in [0.15, 0.2) is 82.8 Å². The van der Waals surface area contributed by atoms with Crippen molar-refractivity contribution >= 4 is 22.1 Å². The molecule has 0 bridgehead atoms. The van der Waals surface area contributed by atoms with Gasteiger partial charge in [-0.2, -0.15) is 9.41 Å². The van der Waals surface area contributed by atoms with Crippen LogP contribution in [0.2, 0.25) is 0 Å². The van der Waals surface area contributed by atoms with E-state index in [1.165, 1.54) is 18.9 Å². The number of hydrogen-bond acceptors (Lipinski definition) is 5. The summed E-state index contributed by atoms with van der Waals surface area (Å²) in [4.78, 5) is 12.8. The van der Waals surface area contributed by atoms with Crippen molar-refractivity contribution in [3.63, 3.8) is 0 Å². The van der Waals surface area contributed by atoms with Gasteiger partial charge in [0.1, 0.15) is 10.6 Å². The van der Waals surface area contributed by atoms with E-state index in [-0.39, 0.29) is 22.6 Å². The van der Waals surface area contributed by atoms with Crippen LogP contribution in [-0.2, 0) is 26.8 Å². The molecule has 0 aliphatic rings. The molecule has 3 aromatic rings. The number of aryl methyl sites for hydroxylation is 1. The minimum absolute atomic E-state index is 0.0103. The first-order valence-electron chi connectivity index (χ1n) is 11.6. The third kappa shape index (κ3) is 7.02. The number of hydrazone groups is 1. The average molecular weight is 508 g/mol. The van der Waals surface area contributed by atoms with Gasteiger partial charge in [0.2, 0.25) is 10.0 Å². The molecule has 1 N–H and O–H groups in total. The van der Waals surface area contributed by atoms with E-state index >= 15 is 0 Å². The minimum atomic E-state index is -4.06. The molecule has 7 nitrogen and oxygen atoms in total. The predicted molar refractivity (Wildman–Crippen MR) is 143 cm³/mol. The lowest BCUT2D eigenvalue weighted by Crippen LogP contribution is -2.39. The third-order valence-corrected chi connectivity index (χ3v) is 7.45. The van der Waals surface area contributed by atoms with Crippen molar-refractivity contribution in [2.45, 2.75) is 44.6 Å². The van der Waals surface area contributed by atoms with Crippen molar-refractivity contribution < 1.29 is 17.9 Å². The van der Waals surface area contributed by atoms with Crippen molar-refractivity contribution in [1.29, 1.82) is 0 Å². The average Bonchev–Trinajstić information content (AvgIpc) is 2.84. The Balaban J connectivity index is 1.80. The first-order chi connectivity index (χ1) is 17.0.